The Balaban J connectivity index is 2.06. The van der Waals surface area contributed by atoms with Gasteiger partial charge in [0.2, 0.25) is 10.9 Å². The molecular formula is C19H17NO3. The molecule has 3 rings (SSSR count). The molecule has 0 aliphatic rings. The number of ether oxygens (including phenoxy) is 1. The average molecular weight is 307 g/mol. The summed E-state index contributed by atoms with van der Waals surface area (Å²) in [7, 11) is 5.49. The van der Waals surface area contributed by atoms with E-state index in [1.54, 1.807) is 31.4 Å². The number of rotatable bonds is 4. The number of methoxy groups -OCH3 is 1. The molecule has 0 aliphatic carbocycles. The zero-order valence-electron chi connectivity index (χ0n) is 13.3. The van der Waals surface area contributed by atoms with Crippen molar-refractivity contribution in [1.29, 1.82) is 0 Å². The Morgan fingerprint density at radius 2 is 1.17 bits per heavy atom. The fourth-order valence-corrected chi connectivity index (χ4v) is 2.63. The van der Waals surface area contributed by atoms with Crippen LogP contribution in [0.15, 0.2) is 58.1 Å². The highest BCUT2D eigenvalue weighted by molar-refractivity contribution is 5.87. The molecule has 0 radical (unpaired) electrons. The first-order chi connectivity index (χ1) is 11.0. The van der Waals surface area contributed by atoms with Gasteiger partial charge in [-0.25, -0.2) is 0 Å². The average Bonchev–Trinajstić information content (AvgIpc) is 2.59. The molecule has 0 heterocycles. The normalized spacial score (nSPS) is 10.7. The highest BCUT2D eigenvalue weighted by Gasteiger charge is 2.23. The maximum Gasteiger partial charge on any atom is 0.234 e. The van der Waals surface area contributed by atoms with E-state index < -0.39 is 10.9 Å². The van der Waals surface area contributed by atoms with Gasteiger partial charge in [-0.2, -0.15) is 0 Å². The van der Waals surface area contributed by atoms with Crippen molar-refractivity contribution in [3.8, 4) is 28.0 Å². The van der Waals surface area contributed by atoms with E-state index in [9.17, 15) is 9.59 Å². The largest absolute Gasteiger partial charge is 0.497 e. The lowest BCUT2D eigenvalue weighted by Gasteiger charge is -2.15. The van der Waals surface area contributed by atoms with E-state index in [1.807, 2.05) is 43.3 Å². The summed E-state index contributed by atoms with van der Waals surface area (Å²) in [6, 6.07) is 14.8. The molecule has 0 atom stereocenters. The number of hydrogen-bond donors (Lipinski definition) is 0. The lowest BCUT2D eigenvalue weighted by molar-refractivity contribution is 0.415. The maximum absolute atomic E-state index is 12.0. The van der Waals surface area contributed by atoms with Gasteiger partial charge in [0.05, 0.1) is 7.11 Å². The van der Waals surface area contributed by atoms with Crippen molar-refractivity contribution in [2.45, 2.75) is 0 Å². The van der Waals surface area contributed by atoms with Crippen LogP contribution in [-0.2, 0) is 0 Å². The Labute approximate surface area is 134 Å². The van der Waals surface area contributed by atoms with Gasteiger partial charge >= 0.3 is 0 Å². The third kappa shape index (κ3) is 2.52. The van der Waals surface area contributed by atoms with Crippen LogP contribution < -0.4 is 20.5 Å². The number of anilines is 1. The zero-order chi connectivity index (χ0) is 16.6. The molecule has 4 nitrogen and oxygen atoms in total. The van der Waals surface area contributed by atoms with Gasteiger partial charge in [-0.15, -0.1) is 0 Å². The molecule has 3 aromatic carbocycles. The Morgan fingerprint density at radius 3 is 1.57 bits per heavy atom. The lowest BCUT2D eigenvalue weighted by atomic mass is 9.89. The van der Waals surface area contributed by atoms with Crippen LogP contribution >= 0.6 is 0 Å². The Kier molecular flexibility index (Phi) is 3.74. The molecule has 0 aromatic heterocycles. The monoisotopic (exact) mass is 307 g/mol. The van der Waals surface area contributed by atoms with Gasteiger partial charge in [0, 0.05) is 30.9 Å². The van der Waals surface area contributed by atoms with Crippen molar-refractivity contribution in [2.75, 3.05) is 26.1 Å². The van der Waals surface area contributed by atoms with E-state index in [0.29, 0.717) is 16.9 Å². The second kappa shape index (κ2) is 5.72. The summed E-state index contributed by atoms with van der Waals surface area (Å²) in [6.07, 6.45) is 0. The third-order valence-corrected chi connectivity index (χ3v) is 3.96. The van der Waals surface area contributed by atoms with Gasteiger partial charge < -0.3 is 9.64 Å². The van der Waals surface area contributed by atoms with E-state index in [0.717, 1.165) is 16.8 Å². The van der Waals surface area contributed by atoms with E-state index in [-0.39, 0.29) is 0 Å². The standard InChI is InChI=1S/C19H17NO3/c1-20(2)14-8-4-12(5-9-14)16-17(19(22)18(16)21)13-6-10-15(23-3)11-7-13/h4-11H,1-3H3. The first-order valence-corrected chi connectivity index (χ1v) is 7.28. The molecule has 0 amide bonds. The quantitative estimate of drug-likeness (QED) is 0.695. The van der Waals surface area contributed by atoms with Crippen LogP contribution in [0, 0.1) is 0 Å². The van der Waals surface area contributed by atoms with E-state index in [1.165, 1.54) is 0 Å². The molecule has 0 saturated heterocycles. The predicted molar refractivity (Wildman–Crippen MR) is 93.1 cm³/mol. The van der Waals surface area contributed by atoms with Crippen LogP contribution in [0.3, 0.4) is 0 Å². The van der Waals surface area contributed by atoms with Gasteiger partial charge in [0.1, 0.15) is 5.75 Å². The lowest BCUT2D eigenvalue weighted by Crippen LogP contribution is -2.34. The molecule has 4 heteroatoms. The molecular weight excluding hydrogens is 290 g/mol. The van der Waals surface area contributed by atoms with Crippen LogP contribution in [0.1, 0.15) is 0 Å². The van der Waals surface area contributed by atoms with E-state index in [4.69, 9.17) is 4.74 Å². The molecule has 23 heavy (non-hydrogen) atoms. The van der Waals surface area contributed by atoms with Crippen molar-refractivity contribution in [2.24, 2.45) is 0 Å². The minimum atomic E-state index is -0.429. The van der Waals surface area contributed by atoms with Crippen LogP contribution in [0.5, 0.6) is 5.75 Å². The first-order valence-electron chi connectivity index (χ1n) is 7.28. The highest BCUT2D eigenvalue weighted by atomic mass is 16.5. The molecule has 116 valence electrons. The summed E-state index contributed by atoms with van der Waals surface area (Å²) in [5, 5.41) is 0. The molecule has 0 spiro atoms. The summed E-state index contributed by atoms with van der Waals surface area (Å²) < 4.78 is 5.12. The second-order valence-electron chi connectivity index (χ2n) is 5.58. The van der Waals surface area contributed by atoms with Gasteiger partial charge in [-0.05, 0) is 35.4 Å². The summed E-state index contributed by atoms with van der Waals surface area (Å²) in [6.45, 7) is 0. The smallest absolute Gasteiger partial charge is 0.234 e. The van der Waals surface area contributed by atoms with Crippen molar-refractivity contribution < 1.29 is 4.74 Å². The minimum Gasteiger partial charge on any atom is -0.497 e. The summed E-state index contributed by atoms with van der Waals surface area (Å²) in [4.78, 5) is 26.1. The molecule has 0 fully saturated rings. The Bertz CT molecular complexity index is 899. The number of nitrogens with zero attached hydrogens (tertiary/aromatic N) is 1. The Morgan fingerprint density at radius 1 is 0.739 bits per heavy atom. The van der Waals surface area contributed by atoms with Crippen LogP contribution in [0.2, 0.25) is 0 Å². The third-order valence-electron chi connectivity index (χ3n) is 3.96. The maximum atomic E-state index is 12.0. The summed E-state index contributed by atoms with van der Waals surface area (Å²) in [5.41, 5.74) is 2.67. The summed E-state index contributed by atoms with van der Waals surface area (Å²) >= 11 is 0. The van der Waals surface area contributed by atoms with Gasteiger partial charge in [0.25, 0.3) is 0 Å². The van der Waals surface area contributed by atoms with E-state index in [2.05, 4.69) is 0 Å². The van der Waals surface area contributed by atoms with Crippen molar-refractivity contribution in [3.63, 3.8) is 0 Å². The van der Waals surface area contributed by atoms with E-state index >= 15 is 0 Å². The molecule has 3 aromatic rings. The second-order valence-corrected chi connectivity index (χ2v) is 5.58. The molecule has 0 bridgehead atoms. The van der Waals surface area contributed by atoms with Crippen LogP contribution in [0.4, 0.5) is 5.69 Å². The predicted octanol–water partition coefficient (Wildman–Crippen LogP) is 2.69. The molecule has 0 aliphatic heterocycles. The topological polar surface area (TPSA) is 46.6 Å². The SMILES string of the molecule is COc1ccc(-c2c(-c3ccc(N(C)C)cc3)c(=O)c2=O)cc1. The first kappa shape index (κ1) is 15.0. The molecule has 0 N–H and O–H groups in total. The van der Waals surface area contributed by atoms with Crippen molar-refractivity contribution in [1.82, 2.24) is 0 Å². The van der Waals surface area contributed by atoms with Gasteiger partial charge in [-0.3, -0.25) is 9.59 Å². The minimum absolute atomic E-state index is 0.423. The highest BCUT2D eigenvalue weighted by Crippen LogP contribution is 2.30. The van der Waals surface area contributed by atoms with Crippen molar-refractivity contribution >= 4 is 5.69 Å². The fourth-order valence-electron chi connectivity index (χ4n) is 2.63. The Hall–Kier alpha value is -2.88. The van der Waals surface area contributed by atoms with Crippen molar-refractivity contribution in [3.05, 3.63) is 69.0 Å². The fraction of sp³-hybridized carbons (Fsp3) is 0.158. The van der Waals surface area contributed by atoms with Crippen LogP contribution in [-0.4, -0.2) is 21.2 Å². The number of benzene rings is 2. The zero-order valence-corrected chi connectivity index (χ0v) is 13.3. The van der Waals surface area contributed by atoms with Crippen LogP contribution in [0.25, 0.3) is 22.3 Å². The molecule has 0 unspecified atom stereocenters. The molecule has 0 saturated carbocycles. The van der Waals surface area contributed by atoms with Gasteiger partial charge in [0.15, 0.2) is 0 Å². The summed E-state index contributed by atoms with van der Waals surface area (Å²) in [5.74, 6) is 0.712. The number of hydrogen-bond acceptors (Lipinski definition) is 4. The van der Waals surface area contributed by atoms with Gasteiger partial charge in [-0.1, -0.05) is 24.3 Å².